The number of carboxylic acid groups (broad SMARTS) is 1. The number of aromatic carboxylic acids is 1. The van der Waals surface area contributed by atoms with Crippen LogP contribution >= 0.6 is 0 Å². The fourth-order valence-electron chi connectivity index (χ4n) is 1.81. The van der Waals surface area contributed by atoms with Gasteiger partial charge in [0.1, 0.15) is 5.75 Å². The van der Waals surface area contributed by atoms with Gasteiger partial charge in [0.25, 0.3) is 0 Å². The molecule has 0 bridgehead atoms. The molecule has 0 unspecified atom stereocenters. The van der Waals surface area contributed by atoms with E-state index < -0.39 is 12.1 Å². The number of hydrogen-bond donors (Lipinski definition) is 1. The number of carboxylic acids is 1. The van der Waals surface area contributed by atoms with Crippen LogP contribution < -0.4 is 9.64 Å². The maximum atomic E-state index is 11.6. The average molecular weight is 251 g/mol. The van der Waals surface area contributed by atoms with Crippen LogP contribution in [0.25, 0.3) is 0 Å². The van der Waals surface area contributed by atoms with Crippen molar-refractivity contribution < 1.29 is 24.2 Å². The monoisotopic (exact) mass is 251 g/mol. The normalized spacial score (nSPS) is 15.2. The molecule has 1 heterocycles. The summed E-state index contributed by atoms with van der Waals surface area (Å²) in [4.78, 5) is 24.1. The van der Waals surface area contributed by atoms with E-state index >= 15 is 0 Å². The second kappa shape index (κ2) is 4.95. The molecular formula is C12H13NO5. The maximum absolute atomic E-state index is 11.6. The molecule has 0 spiro atoms. The molecule has 1 aromatic rings. The van der Waals surface area contributed by atoms with Crippen LogP contribution in [0.2, 0.25) is 0 Å². The van der Waals surface area contributed by atoms with Crippen LogP contribution in [0.15, 0.2) is 18.2 Å². The number of hydrogen-bond acceptors (Lipinski definition) is 4. The Bertz CT molecular complexity index is 485. The molecule has 6 nitrogen and oxygen atoms in total. The van der Waals surface area contributed by atoms with Gasteiger partial charge in [-0.2, -0.15) is 0 Å². The van der Waals surface area contributed by atoms with E-state index in [2.05, 4.69) is 0 Å². The van der Waals surface area contributed by atoms with Crippen molar-refractivity contribution in [3.63, 3.8) is 0 Å². The summed E-state index contributed by atoms with van der Waals surface area (Å²) in [5.41, 5.74) is 0.348. The molecule has 0 saturated carbocycles. The maximum Gasteiger partial charge on any atom is 0.414 e. The third-order valence-corrected chi connectivity index (χ3v) is 2.70. The number of ether oxygens (including phenoxy) is 2. The minimum absolute atomic E-state index is 0.0506. The molecule has 1 amide bonds. The number of rotatable bonds is 3. The molecule has 6 heteroatoms. The van der Waals surface area contributed by atoms with Crippen LogP contribution in [0.3, 0.4) is 0 Å². The van der Waals surface area contributed by atoms with Gasteiger partial charge in [-0.05, 0) is 18.6 Å². The zero-order chi connectivity index (χ0) is 13.1. The summed E-state index contributed by atoms with van der Waals surface area (Å²) in [6.45, 7) is 0.800. The second-order valence-corrected chi connectivity index (χ2v) is 3.81. The van der Waals surface area contributed by atoms with E-state index in [9.17, 15) is 9.59 Å². The highest BCUT2D eigenvalue weighted by atomic mass is 16.6. The third kappa shape index (κ3) is 2.22. The van der Waals surface area contributed by atoms with E-state index in [4.69, 9.17) is 14.6 Å². The van der Waals surface area contributed by atoms with Crippen molar-refractivity contribution in [3.05, 3.63) is 23.8 Å². The van der Waals surface area contributed by atoms with Gasteiger partial charge >= 0.3 is 12.1 Å². The van der Waals surface area contributed by atoms with Gasteiger partial charge in [0.15, 0.2) is 0 Å². The van der Waals surface area contributed by atoms with Gasteiger partial charge in [0, 0.05) is 12.6 Å². The lowest BCUT2D eigenvalue weighted by atomic mass is 10.1. The van der Waals surface area contributed by atoms with E-state index in [0.29, 0.717) is 31.0 Å². The molecule has 0 atom stereocenters. The molecule has 0 aliphatic carbocycles. The number of anilines is 1. The minimum Gasteiger partial charge on any atom is -0.497 e. The molecule has 2 rings (SSSR count). The lowest BCUT2D eigenvalue weighted by Crippen LogP contribution is -2.38. The Hall–Kier alpha value is -2.24. The zero-order valence-electron chi connectivity index (χ0n) is 9.88. The number of nitrogens with zero attached hydrogens (tertiary/aromatic N) is 1. The lowest BCUT2D eigenvalue weighted by molar-refractivity contribution is 0.0697. The molecule has 1 N–H and O–H groups in total. The SMILES string of the molecule is COc1ccc(C(=O)O)c(N2CCCOC2=O)c1. The van der Waals surface area contributed by atoms with Gasteiger partial charge < -0.3 is 14.6 Å². The number of cyclic esters (lactones) is 1. The molecule has 1 aromatic carbocycles. The summed E-state index contributed by atoms with van der Waals surface area (Å²) in [5.74, 6) is -0.598. The van der Waals surface area contributed by atoms with Crippen molar-refractivity contribution in [1.82, 2.24) is 0 Å². The molecule has 1 aliphatic rings. The Morgan fingerprint density at radius 1 is 1.50 bits per heavy atom. The Labute approximate surface area is 104 Å². The van der Waals surface area contributed by atoms with Gasteiger partial charge in [-0.15, -0.1) is 0 Å². The molecule has 1 aliphatic heterocycles. The predicted molar refractivity (Wildman–Crippen MR) is 63.3 cm³/mol. The van der Waals surface area contributed by atoms with Crippen molar-refractivity contribution in [1.29, 1.82) is 0 Å². The van der Waals surface area contributed by atoms with E-state index in [0.717, 1.165) is 0 Å². The van der Waals surface area contributed by atoms with Crippen molar-refractivity contribution >= 4 is 17.7 Å². The highest BCUT2D eigenvalue weighted by Gasteiger charge is 2.26. The quantitative estimate of drug-likeness (QED) is 0.885. The Morgan fingerprint density at radius 3 is 2.89 bits per heavy atom. The van der Waals surface area contributed by atoms with Crippen molar-refractivity contribution in [3.8, 4) is 5.75 Å². The minimum atomic E-state index is -1.09. The van der Waals surface area contributed by atoms with Crippen molar-refractivity contribution in [2.24, 2.45) is 0 Å². The highest BCUT2D eigenvalue weighted by molar-refractivity contribution is 6.00. The van der Waals surface area contributed by atoms with E-state index in [1.165, 1.54) is 24.1 Å². The molecule has 1 saturated heterocycles. The first-order valence-electron chi connectivity index (χ1n) is 5.49. The van der Waals surface area contributed by atoms with Crippen molar-refractivity contribution in [2.45, 2.75) is 6.42 Å². The van der Waals surface area contributed by atoms with E-state index in [1.807, 2.05) is 0 Å². The van der Waals surface area contributed by atoms with E-state index in [-0.39, 0.29) is 5.56 Å². The van der Waals surface area contributed by atoms with Crippen LogP contribution in [0.4, 0.5) is 10.5 Å². The topological polar surface area (TPSA) is 76.1 Å². The van der Waals surface area contributed by atoms with Crippen LogP contribution in [0.5, 0.6) is 5.75 Å². The Morgan fingerprint density at radius 2 is 2.28 bits per heavy atom. The zero-order valence-corrected chi connectivity index (χ0v) is 9.88. The second-order valence-electron chi connectivity index (χ2n) is 3.81. The molecular weight excluding hydrogens is 238 g/mol. The summed E-state index contributed by atoms with van der Waals surface area (Å²) in [6, 6.07) is 4.48. The summed E-state index contributed by atoms with van der Waals surface area (Å²) < 4.78 is 9.95. The van der Waals surface area contributed by atoms with Crippen LogP contribution in [0, 0.1) is 0 Å². The van der Waals surface area contributed by atoms with Crippen LogP contribution in [-0.2, 0) is 4.74 Å². The van der Waals surface area contributed by atoms with Gasteiger partial charge in [-0.3, -0.25) is 4.90 Å². The molecule has 0 radical (unpaired) electrons. The standard InChI is InChI=1S/C12H13NO5/c1-17-8-3-4-9(11(14)15)10(7-8)13-5-2-6-18-12(13)16/h3-4,7H,2,5-6H2,1H3,(H,14,15). The number of carbonyl (C=O) groups excluding carboxylic acids is 1. The van der Waals surface area contributed by atoms with Crippen LogP contribution in [0.1, 0.15) is 16.8 Å². The van der Waals surface area contributed by atoms with Gasteiger partial charge in [0.2, 0.25) is 0 Å². The van der Waals surface area contributed by atoms with E-state index in [1.54, 1.807) is 6.07 Å². The Balaban J connectivity index is 2.45. The van der Waals surface area contributed by atoms with Gasteiger partial charge in [0.05, 0.1) is 25.0 Å². The summed E-state index contributed by atoms with van der Waals surface area (Å²) in [5, 5.41) is 9.13. The first kappa shape index (κ1) is 12.2. The van der Waals surface area contributed by atoms with Gasteiger partial charge in [-0.1, -0.05) is 0 Å². The molecule has 0 aromatic heterocycles. The van der Waals surface area contributed by atoms with Gasteiger partial charge in [-0.25, -0.2) is 9.59 Å². The predicted octanol–water partition coefficient (Wildman–Crippen LogP) is 1.74. The third-order valence-electron chi connectivity index (χ3n) is 2.70. The summed E-state index contributed by atoms with van der Waals surface area (Å²) in [6.07, 6.45) is 0.138. The largest absolute Gasteiger partial charge is 0.497 e. The summed E-state index contributed by atoms with van der Waals surface area (Å²) in [7, 11) is 1.48. The fourth-order valence-corrected chi connectivity index (χ4v) is 1.81. The number of carbonyl (C=O) groups is 2. The fraction of sp³-hybridized carbons (Fsp3) is 0.333. The van der Waals surface area contributed by atoms with Crippen molar-refractivity contribution in [2.75, 3.05) is 25.2 Å². The number of amides is 1. The molecule has 96 valence electrons. The first-order chi connectivity index (χ1) is 8.63. The molecule has 1 fully saturated rings. The Kier molecular flexibility index (Phi) is 3.36. The number of methoxy groups -OCH3 is 1. The number of benzene rings is 1. The average Bonchev–Trinajstić information content (AvgIpc) is 2.38. The first-order valence-corrected chi connectivity index (χ1v) is 5.49. The molecule has 18 heavy (non-hydrogen) atoms. The lowest BCUT2D eigenvalue weighted by Gasteiger charge is -2.27. The highest BCUT2D eigenvalue weighted by Crippen LogP contribution is 2.28. The smallest absolute Gasteiger partial charge is 0.414 e. The summed E-state index contributed by atoms with van der Waals surface area (Å²) >= 11 is 0. The van der Waals surface area contributed by atoms with Crippen LogP contribution in [-0.4, -0.2) is 37.4 Å².